The number of amidine groups is 1. The van der Waals surface area contributed by atoms with Crippen LogP contribution in [-0.2, 0) is 10.0 Å². The standard InChI is InChI=1S/C12H16FN3O2S/c13-9-5-1-2-7-11(9)19(17,18)16-10-6-3-4-8(10)12(14)15/h1-2,5,7-8,10,16H,3-4,6H2,(H3,14,15). The van der Waals surface area contributed by atoms with E-state index in [1.807, 2.05) is 0 Å². The summed E-state index contributed by atoms with van der Waals surface area (Å²) in [6.07, 6.45) is 2.09. The lowest BCUT2D eigenvalue weighted by molar-refractivity contribution is 0.513. The van der Waals surface area contributed by atoms with Gasteiger partial charge in [0.2, 0.25) is 10.0 Å². The number of halogens is 1. The van der Waals surface area contributed by atoms with Crippen LogP contribution in [0.5, 0.6) is 0 Å². The van der Waals surface area contributed by atoms with E-state index >= 15 is 0 Å². The number of nitrogens with one attached hydrogen (secondary N) is 2. The van der Waals surface area contributed by atoms with Crippen molar-refractivity contribution in [3.05, 3.63) is 30.1 Å². The van der Waals surface area contributed by atoms with E-state index in [2.05, 4.69) is 4.72 Å². The van der Waals surface area contributed by atoms with Crippen LogP contribution in [0.1, 0.15) is 19.3 Å². The Morgan fingerprint density at radius 1 is 1.37 bits per heavy atom. The summed E-state index contributed by atoms with van der Waals surface area (Å²) in [5, 5.41) is 7.45. The topological polar surface area (TPSA) is 96.0 Å². The van der Waals surface area contributed by atoms with Gasteiger partial charge in [-0.15, -0.1) is 0 Å². The molecular formula is C12H16FN3O2S. The van der Waals surface area contributed by atoms with Gasteiger partial charge in [-0.1, -0.05) is 18.6 Å². The van der Waals surface area contributed by atoms with Gasteiger partial charge in [0, 0.05) is 12.0 Å². The largest absolute Gasteiger partial charge is 0.387 e. The van der Waals surface area contributed by atoms with Gasteiger partial charge in [-0.2, -0.15) is 0 Å². The van der Waals surface area contributed by atoms with Crippen LogP contribution >= 0.6 is 0 Å². The maximum atomic E-state index is 13.5. The van der Waals surface area contributed by atoms with Crippen LogP contribution in [0.4, 0.5) is 4.39 Å². The molecule has 2 rings (SSSR count). The Bertz CT molecular complexity index is 588. The summed E-state index contributed by atoms with van der Waals surface area (Å²) in [7, 11) is -3.92. The molecule has 0 radical (unpaired) electrons. The van der Waals surface area contributed by atoms with E-state index in [4.69, 9.17) is 11.1 Å². The molecule has 1 aliphatic rings. The molecule has 1 aromatic rings. The molecule has 0 bridgehead atoms. The minimum absolute atomic E-state index is 0.0290. The van der Waals surface area contributed by atoms with Crippen molar-refractivity contribution in [2.45, 2.75) is 30.2 Å². The molecule has 4 N–H and O–H groups in total. The normalized spacial score (nSPS) is 23.4. The van der Waals surface area contributed by atoms with Crippen molar-refractivity contribution in [3.8, 4) is 0 Å². The third-order valence-electron chi connectivity index (χ3n) is 3.35. The molecule has 104 valence electrons. The molecule has 1 fully saturated rings. The monoisotopic (exact) mass is 285 g/mol. The van der Waals surface area contributed by atoms with Gasteiger partial charge in [0.25, 0.3) is 0 Å². The second kappa shape index (κ2) is 5.26. The first kappa shape index (κ1) is 14.0. The molecule has 1 aromatic carbocycles. The molecule has 0 heterocycles. The lowest BCUT2D eigenvalue weighted by Gasteiger charge is -2.19. The highest BCUT2D eigenvalue weighted by Gasteiger charge is 2.33. The highest BCUT2D eigenvalue weighted by molar-refractivity contribution is 7.89. The van der Waals surface area contributed by atoms with Gasteiger partial charge in [0.05, 0.1) is 5.84 Å². The van der Waals surface area contributed by atoms with Crippen LogP contribution in [0.25, 0.3) is 0 Å². The zero-order valence-corrected chi connectivity index (χ0v) is 11.1. The lowest BCUT2D eigenvalue weighted by Crippen LogP contribution is -2.42. The number of benzene rings is 1. The minimum atomic E-state index is -3.92. The van der Waals surface area contributed by atoms with Crippen LogP contribution < -0.4 is 10.5 Å². The molecule has 0 spiro atoms. The van der Waals surface area contributed by atoms with Crippen LogP contribution in [0, 0.1) is 17.1 Å². The Morgan fingerprint density at radius 3 is 2.68 bits per heavy atom. The van der Waals surface area contributed by atoms with Gasteiger partial charge in [-0.3, -0.25) is 5.41 Å². The number of nitrogens with two attached hydrogens (primary N) is 1. The van der Waals surface area contributed by atoms with Gasteiger partial charge < -0.3 is 5.73 Å². The highest BCUT2D eigenvalue weighted by atomic mass is 32.2. The van der Waals surface area contributed by atoms with Crippen molar-refractivity contribution in [2.75, 3.05) is 0 Å². The van der Waals surface area contributed by atoms with Crippen LogP contribution in [-0.4, -0.2) is 20.3 Å². The van der Waals surface area contributed by atoms with Crippen molar-refractivity contribution < 1.29 is 12.8 Å². The second-order valence-electron chi connectivity index (χ2n) is 4.65. The molecule has 0 amide bonds. The molecule has 2 unspecified atom stereocenters. The average Bonchev–Trinajstić information content (AvgIpc) is 2.76. The summed E-state index contributed by atoms with van der Waals surface area (Å²) < 4.78 is 40.2. The van der Waals surface area contributed by atoms with Crippen LogP contribution in [0.2, 0.25) is 0 Å². The number of sulfonamides is 1. The fraction of sp³-hybridized carbons (Fsp3) is 0.417. The summed E-state index contributed by atoms with van der Waals surface area (Å²) in [5.41, 5.74) is 5.45. The van der Waals surface area contributed by atoms with E-state index in [1.165, 1.54) is 18.2 Å². The molecule has 5 nitrogen and oxygen atoms in total. The van der Waals surface area contributed by atoms with E-state index < -0.39 is 21.9 Å². The van der Waals surface area contributed by atoms with E-state index in [0.29, 0.717) is 12.8 Å². The Kier molecular flexibility index (Phi) is 3.86. The number of rotatable bonds is 4. The average molecular weight is 285 g/mol. The summed E-state index contributed by atoms with van der Waals surface area (Å²) in [5.74, 6) is -1.12. The summed E-state index contributed by atoms with van der Waals surface area (Å²) in [6.45, 7) is 0. The predicted octanol–water partition coefficient (Wildman–Crippen LogP) is 1.21. The first-order valence-corrected chi connectivity index (χ1v) is 7.51. The van der Waals surface area contributed by atoms with Gasteiger partial charge in [0.1, 0.15) is 10.7 Å². The Balaban J connectivity index is 2.23. The maximum Gasteiger partial charge on any atom is 0.243 e. The summed E-state index contributed by atoms with van der Waals surface area (Å²) >= 11 is 0. The van der Waals surface area contributed by atoms with E-state index in [9.17, 15) is 12.8 Å². The van der Waals surface area contributed by atoms with Crippen molar-refractivity contribution in [3.63, 3.8) is 0 Å². The molecule has 19 heavy (non-hydrogen) atoms. The Morgan fingerprint density at radius 2 is 2.05 bits per heavy atom. The molecule has 1 aliphatic carbocycles. The van der Waals surface area contributed by atoms with Crippen molar-refractivity contribution >= 4 is 15.9 Å². The summed E-state index contributed by atoms with van der Waals surface area (Å²) in [4.78, 5) is -0.371. The second-order valence-corrected chi connectivity index (χ2v) is 6.33. The predicted molar refractivity (Wildman–Crippen MR) is 69.8 cm³/mol. The van der Waals surface area contributed by atoms with Gasteiger partial charge in [-0.25, -0.2) is 17.5 Å². The quantitative estimate of drug-likeness (QED) is 0.573. The number of hydrogen-bond donors (Lipinski definition) is 3. The molecule has 0 saturated heterocycles. The van der Waals surface area contributed by atoms with Crippen LogP contribution in [0.15, 0.2) is 29.2 Å². The molecule has 7 heteroatoms. The van der Waals surface area contributed by atoms with Crippen molar-refractivity contribution in [1.29, 1.82) is 5.41 Å². The smallest absolute Gasteiger partial charge is 0.243 e. The first-order chi connectivity index (χ1) is 8.92. The molecule has 0 aromatic heterocycles. The van der Waals surface area contributed by atoms with E-state index in [-0.39, 0.29) is 16.6 Å². The zero-order valence-electron chi connectivity index (χ0n) is 10.3. The lowest BCUT2D eigenvalue weighted by atomic mass is 10.0. The zero-order chi connectivity index (χ0) is 14.0. The minimum Gasteiger partial charge on any atom is -0.387 e. The molecule has 1 saturated carbocycles. The molecular weight excluding hydrogens is 269 g/mol. The summed E-state index contributed by atoms with van der Waals surface area (Å²) in [6, 6.07) is 4.79. The van der Waals surface area contributed by atoms with Crippen molar-refractivity contribution in [1.82, 2.24) is 4.72 Å². The molecule has 2 atom stereocenters. The highest BCUT2D eigenvalue weighted by Crippen LogP contribution is 2.27. The fourth-order valence-corrected chi connectivity index (χ4v) is 3.79. The first-order valence-electron chi connectivity index (χ1n) is 6.02. The maximum absolute atomic E-state index is 13.5. The van der Waals surface area contributed by atoms with Gasteiger partial charge in [-0.05, 0) is 25.0 Å². The third kappa shape index (κ3) is 2.93. The van der Waals surface area contributed by atoms with E-state index in [0.717, 1.165) is 12.5 Å². The molecule has 0 aliphatic heterocycles. The van der Waals surface area contributed by atoms with Crippen LogP contribution in [0.3, 0.4) is 0 Å². The Hall–Kier alpha value is -1.47. The van der Waals surface area contributed by atoms with E-state index in [1.54, 1.807) is 0 Å². The van der Waals surface area contributed by atoms with Gasteiger partial charge >= 0.3 is 0 Å². The SMILES string of the molecule is N=C(N)C1CCCC1NS(=O)(=O)c1ccccc1F. The van der Waals surface area contributed by atoms with Gasteiger partial charge in [0.15, 0.2) is 0 Å². The fourth-order valence-electron chi connectivity index (χ4n) is 2.40. The van der Waals surface area contributed by atoms with Crippen molar-refractivity contribution in [2.24, 2.45) is 11.7 Å². The number of hydrogen-bond acceptors (Lipinski definition) is 3. The third-order valence-corrected chi connectivity index (χ3v) is 4.87. The Labute approximate surface area is 111 Å².